The van der Waals surface area contributed by atoms with Gasteiger partial charge in [-0.15, -0.1) is 0 Å². The van der Waals surface area contributed by atoms with E-state index in [0.717, 1.165) is 49.8 Å². The molecule has 5 rings (SSSR count). The summed E-state index contributed by atoms with van der Waals surface area (Å²) in [6.45, 7) is 8.37. The number of rotatable bonds is 5. The molecule has 1 unspecified atom stereocenters. The molecule has 0 bridgehead atoms. The molecule has 0 N–H and O–H groups in total. The Morgan fingerprint density at radius 2 is 1.72 bits per heavy atom. The highest BCUT2D eigenvalue weighted by molar-refractivity contribution is 9.10. The van der Waals surface area contributed by atoms with Gasteiger partial charge in [0, 0.05) is 23.1 Å². The molecular weight excluding hydrogens is 538 g/mol. The van der Waals surface area contributed by atoms with Crippen LogP contribution in [0.5, 0.6) is 0 Å². The number of carbonyl (C=O) groups is 1. The second kappa shape index (κ2) is 9.12. The van der Waals surface area contributed by atoms with E-state index in [1.54, 1.807) is 12.1 Å². The van der Waals surface area contributed by atoms with Gasteiger partial charge in [-0.05, 0) is 85.3 Å². The minimum atomic E-state index is -3.69. The van der Waals surface area contributed by atoms with E-state index < -0.39 is 15.6 Å². The highest BCUT2D eigenvalue weighted by Gasteiger charge is 2.45. The van der Waals surface area contributed by atoms with E-state index in [1.807, 2.05) is 57.2 Å². The molecule has 0 fully saturated rings. The molecule has 0 saturated carbocycles. The van der Waals surface area contributed by atoms with Crippen LogP contribution in [-0.2, 0) is 38.2 Å². The quantitative estimate of drug-likeness (QED) is 0.318. The van der Waals surface area contributed by atoms with Crippen LogP contribution in [0.25, 0.3) is 11.1 Å². The first-order valence-electron chi connectivity index (χ1n) is 12.3. The number of benzene rings is 3. The fraction of sp³-hybridized carbons (Fsp3) is 0.345. The molecule has 2 aliphatic rings. The Kier molecular flexibility index (Phi) is 6.38. The Hall–Kier alpha value is -2.48. The lowest BCUT2D eigenvalue weighted by Crippen LogP contribution is -2.38. The highest BCUT2D eigenvalue weighted by atomic mass is 79.9. The van der Waals surface area contributed by atoms with Gasteiger partial charge in [-0.1, -0.05) is 59.1 Å². The first-order valence-corrected chi connectivity index (χ1v) is 14.5. The van der Waals surface area contributed by atoms with E-state index in [-0.39, 0.29) is 29.9 Å². The zero-order chi connectivity index (χ0) is 25.8. The summed E-state index contributed by atoms with van der Waals surface area (Å²) in [6.07, 6.45) is 1.51. The van der Waals surface area contributed by atoms with E-state index >= 15 is 0 Å². The van der Waals surface area contributed by atoms with Crippen molar-refractivity contribution < 1.29 is 17.9 Å². The van der Waals surface area contributed by atoms with Gasteiger partial charge in [0.1, 0.15) is 5.60 Å². The van der Waals surface area contributed by atoms with Gasteiger partial charge in [0.25, 0.3) is 0 Å². The molecule has 0 saturated heterocycles. The summed E-state index contributed by atoms with van der Waals surface area (Å²) in [7, 11) is -3.69. The molecule has 1 atom stereocenters. The lowest BCUT2D eigenvalue weighted by molar-refractivity contribution is -0.162. The molecule has 0 spiro atoms. The zero-order valence-electron chi connectivity index (χ0n) is 21.0. The number of aryl methyl sites for hydroxylation is 1. The number of nitrogens with zero attached hydrogens (tertiary/aromatic N) is 1. The van der Waals surface area contributed by atoms with E-state index in [0.29, 0.717) is 6.42 Å². The third kappa shape index (κ3) is 4.21. The molecule has 36 heavy (non-hydrogen) atoms. The Balaban J connectivity index is 1.71. The fourth-order valence-electron chi connectivity index (χ4n) is 5.53. The summed E-state index contributed by atoms with van der Waals surface area (Å²) in [5.74, 6) is -0.598. The maximum atomic E-state index is 13.6. The van der Waals surface area contributed by atoms with Crippen LogP contribution in [0.1, 0.15) is 67.3 Å². The first kappa shape index (κ1) is 25.2. The van der Waals surface area contributed by atoms with Gasteiger partial charge < -0.3 is 4.74 Å². The molecule has 0 aliphatic carbocycles. The van der Waals surface area contributed by atoms with Crippen molar-refractivity contribution in [2.45, 2.75) is 70.0 Å². The van der Waals surface area contributed by atoms with Gasteiger partial charge in [0.05, 0.1) is 10.8 Å². The fourth-order valence-corrected chi connectivity index (χ4v) is 7.18. The van der Waals surface area contributed by atoms with Crippen LogP contribution in [0.2, 0.25) is 0 Å². The SMILES string of the molecule is CCCC1C(=O)OC(C)(C)c2c3c(cc(-c4ccc(Br)cc4)c21)CN(S(=O)(=O)c1ccc(C)cc1)C3. The molecule has 3 aromatic carbocycles. The predicted octanol–water partition coefficient (Wildman–Crippen LogP) is 6.80. The molecule has 188 valence electrons. The average Bonchev–Trinajstić information content (AvgIpc) is 3.26. The molecular formula is C29H30BrNO4S. The Morgan fingerprint density at radius 1 is 1.06 bits per heavy atom. The number of hydrogen-bond acceptors (Lipinski definition) is 4. The number of esters is 1. The van der Waals surface area contributed by atoms with Crippen molar-refractivity contribution in [1.29, 1.82) is 0 Å². The van der Waals surface area contributed by atoms with Crippen molar-refractivity contribution in [2.75, 3.05) is 0 Å². The lowest BCUT2D eigenvalue weighted by atomic mass is 9.74. The molecule has 5 nitrogen and oxygen atoms in total. The van der Waals surface area contributed by atoms with E-state index in [4.69, 9.17) is 4.74 Å². The Labute approximate surface area is 221 Å². The van der Waals surface area contributed by atoms with Crippen LogP contribution in [0.3, 0.4) is 0 Å². The minimum absolute atomic E-state index is 0.213. The molecule has 7 heteroatoms. The average molecular weight is 569 g/mol. The zero-order valence-corrected chi connectivity index (χ0v) is 23.4. The standard InChI is InChI=1S/C29H30BrNO4S/c1-5-6-23-26-24(19-9-11-21(30)12-10-19)15-20-16-31(36(33,34)22-13-7-18(2)8-14-22)17-25(20)27(26)29(3,4)35-28(23)32/h7-15,23H,5-6,16-17H2,1-4H3. The number of hydrogen-bond donors (Lipinski definition) is 0. The second-order valence-corrected chi connectivity index (χ2v) is 13.1. The molecule has 0 amide bonds. The molecule has 2 heterocycles. The second-order valence-electron chi connectivity index (χ2n) is 10.2. The summed E-state index contributed by atoms with van der Waals surface area (Å²) in [4.78, 5) is 13.5. The number of halogens is 1. The summed E-state index contributed by atoms with van der Waals surface area (Å²) < 4.78 is 35.7. The summed E-state index contributed by atoms with van der Waals surface area (Å²) in [5, 5.41) is 0. The lowest BCUT2D eigenvalue weighted by Gasteiger charge is -2.39. The van der Waals surface area contributed by atoms with Crippen molar-refractivity contribution in [1.82, 2.24) is 4.31 Å². The summed E-state index contributed by atoms with van der Waals surface area (Å²) in [5.41, 5.74) is 5.99. The van der Waals surface area contributed by atoms with Crippen molar-refractivity contribution in [2.24, 2.45) is 0 Å². The van der Waals surface area contributed by atoms with Crippen molar-refractivity contribution in [3.63, 3.8) is 0 Å². The molecule has 2 aliphatic heterocycles. The smallest absolute Gasteiger partial charge is 0.314 e. The van der Waals surface area contributed by atoms with Crippen LogP contribution in [-0.4, -0.2) is 18.7 Å². The van der Waals surface area contributed by atoms with Crippen molar-refractivity contribution in [3.05, 3.63) is 86.9 Å². The molecule has 0 radical (unpaired) electrons. The number of sulfonamides is 1. The predicted molar refractivity (Wildman–Crippen MR) is 144 cm³/mol. The maximum absolute atomic E-state index is 13.6. The third-order valence-corrected chi connectivity index (χ3v) is 9.57. The third-order valence-electron chi connectivity index (χ3n) is 7.23. The van der Waals surface area contributed by atoms with Crippen LogP contribution in [0.15, 0.2) is 64.0 Å². The normalized spacial score (nSPS) is 19.0. The largest absolute Gasteiger partial charge is 0.454 e. The highest BCUT2D eigenvalue weighted by Crippen LogP contribution is 2.50. The van der Waals surface area contributed by atoms with Gasteiger partial charge in [-0.2, -0.15) is 4.31 Å². The van der Waals surface area contributed by atoms with Crippen LogP contribution < -0.4 is 0 Å². The number of carbonyl (C=O) groups excluding carboxylic acids is 1. The number of cyclic esters (lactones) is 1. The summed E-state index contributed by atoms with van der Waals surface area (Å²) in [6, 6.07) is 17.1. The monoisotopic (exact) mass is 567 g/mol. The van der Waals surface area contributed by atoms with Gasteiger partial charge in [-0.25, -0.2) is 8.42 Å². The van der Waals surface area contributed by atoms with E-state index in [1.165, 1.54) is 4.31 Å². The maximum Gasteiger partial charge on any atom is 0.314 e. The van der Waals surface area contributed by atoms with Crippen LogP contribution in [0.4, 0.5) is 0 Å². The van der Waals surface area contributed by atoms with Crippen LogP contribution in [0, 0.1) is 6.92 Å². The van der Waals surface area contributed by atoms with Crippen molar-refractivity contribution in [3.8, 4) is 11.1 Å². The van der Waals surface area contributed by atoms with Gasteiger partial charge in [0.15, 0.2) is 0 Å². The Bertz CT molecular complexity index is 1440. The molecule has 3 aromatic rings. The Morgan fingerprint density at radius 3 is 2.36 bits per heavy atom. The van der Waals surface area contributed by atoms with E-state index in [2.05, 4.69) is 28.9 Å². The topological polar surface area (TPSA) is 63.7 Å². The minimum Gasteiger partial charge on any atom is -0.454 e. The van der Waals surface area contributed by atoms with Gasteiger partial charge >= 0.3 is 5.97 Å². The summed E-state index contributed by atoms with van der Waals surface area (Å²) >= 11 is 3.52. The number of ether oxygens (including phenoxy) is 1. The van der Waals surface area contributed by atoms with Crippen molar-refractivity contribution >= 4 is 31.9 Å². The van der Waals surface area contributed by atoms with Gasteiger partial charge in [0.2, 0.25) is 10.0 Å². The molecule has 0 aromatic heterocycles. The van der Waals surface area contributed by atoms with Crippen LogP contribution >= 0.6 is 15.9 Å². The first-order chi connectivity index (χ1) is 17.0. The number of fused-ring (bicyclic) bond motifs is 3. The van der Waals surface area contributed by atoms with E-state index in [9.17, 15) is 13.2 Å². The van der Waals surface area contributed by atoms with Gasteiger partial charge in [-0.3, -0.25) is 4.79 Å².